The monoisotopic (exact) mass is 463 g/mol. The smallest absolute Gasteiger partial charge is 0.261 e. The molecule has 0 aliphatic rings. The predicted octanol–water partition coefficient (Wildman–Crippen LogP) is 4.17. The van der Waals surface area contributed by atoms with Crippen molar-refractivity contribution in [3.8, 4) is 5.82 Å². The molecule has 0 spiro atoms. The number of hydrogen-bond acceptors (Lipinski definition) is 7. The summed E-state index contributed by atoms with van der Waals surface area (Å²) >= 11 is 0. The first-order valence-corrected chi connectivity index (χ1v) is 11.8. The minimum Gasteiger partial charge on any atom is -0.373 e. The summed E-state index contributed by atoms with van der Waals surface area (Å²) in [4.78, 5) is 8.67. The zero-order chi connectivity index (χ0) is 23.6. The average molecular weight is 464 g/mol. The molecule has 0 aliphatic carbocycles. The minimum absolute atomic E-state index is 0.209. The van der Waals surface area contributed by atoms with Crippen LogP contribution in [0.2, 0.25) is 0 Å². The number of sulfonamides is 1. The number of benzene rings is 2. The molecule has 0 amide bonds. The SMILES string of the molecule is CNc1cc(-n2nc(C)cc2Nc2cc(NS(=O)(=O)c3ccc(C)cc3)ccc2C)ncn1. The molecule has 0 unspecified atom stereocenters. The Bertz CT molecular complexity index is 1400. The van der Waals surface area contributed by atoms with E-state index >= 15 is 0 Å². The Hall–Kier alpha value is -3.92. The van der Waals surface area contributed by atoms with Crippen molar-refractivity contribution in [1.82, 2.24) is 19.7 Å². The Morgan fingerprint density at radius 2 is 1.67 bits per heavy atom. The lowest BCUT2D eigenvalue weighted by Crippen LogP contribution is -2.13. The van der Waals surface area contributed by atoms with Crippen molar-refractivity contribution in [1.29, 1.82) is 0 Å². The quantitative estimate of drug-likeness (QED) is 0.377. The summed E-state index contributed by atoms with van der Waals surface area (Å²) in [7, 11) is -1.92. The fourth-order valence-corrected chi connectivity index (χ4v) is 4.30. The third-order valence-corrected chi connectivity index (χ3v) is 6.44. The Morgan fingerprint density at radius 3 is 2.39 bits per heavy atom. The van der Waals surface area contributed by atoms with Crippen LogP contribution in [0, 0.1) is 20.8 Å². The van der Waals surface area contributed by atoms with Crippen molar-refractivity contribution in [2.24, 2.45) is 0 Å². The third-order valence-electron chi connectivity index (χ3n) is 5.04. The average Bonchev–Trinajstić information content (AvgIpc) is 3.16. The molecule has 0 bridgehead atoms. The van der Waals surface area contributed by atoms with Gasteiger partial charge in [-0.3, -0.25) is 4.72 Å². The van der Waals surface area contributed by atoms with Gasteiger partial charge in [0.1, 0.15) is 18.0 Å². The van der Waals surface area contributed by atoms with Gasteiger partial charge in [0, 0.05) is 24.9 Å². The minimum atomic E-state index is -3.71. The van der Waals surface area contributed by atoms with E-state index in [1.54, 1.807) is 54.2 Å². The fourth-order valence-electron chi connectivity index (χ4n) is 3.25. The second-order valence-corrected chi connectivity index (χ2v) is 9.35. The molecule has 3 N–H and O–H groups in total. The van der Waals surface area contributed by atoms with Gasteiger partial charge in [0.25, 0.3) is 10.0 Å². The Balaban J connectivity index is 1.64. The molecule has 0 aliphatic heterocycles. The van der Waals surface area contributed by atoms with Crippen LogP contribution in [-0.2, 0) is 10.0 Å². The number of nitrogens with one attached hydrogen (secondary N) is 3. The molecular formula is C23H25N7O2S. The van der Waals surface area contributed by atoms with E-state index in [0.29, 0.717) is 23.1 Å². The van der Waals surface area contributed by atoms with Gasteiger partial charge in [-0.25, -0.2) is 18.4 Å². The van der Waals surface area contributed by atoms with Crippen LogP contribution in [0.25, 0.3) is 5.82 Å². The van der Waals surface area contributed by atoms with E-state index in [-0.39, 0.29) is 4.90 Å². The summed E-state index contributed by atoms with van der Waals surface area (Å²) < 4.78 is 29.9. The van der Waals surface area contributed by atoms with Gasteiger partial charge in [0.15, 0.2) is 5.82 Å². The maximum Gasteiger partial charge on any atom is 0.261 e. The van der Waals surface area contributed by atoms with Gasteiger partial charge in [-0.1, -0.05) is 23.8 Å². The molecule has 0 atom stereocenters. The first-order valence-electron chi connectivity index (χ1n) is 10.3. The van der Waals surface area contributed by atoms with Crippen molar-refractivity contribution in [2.75, 3.05) is 22.4 Å². The van der Waals surface area contributed by atoms with Crippen LogP contribution in [0.5, 0.6) is 0 Å². The van der Waals surface area contributed by atoms with Crippen LogP contribution < -0.4 is 15.4 Å². The number of hydrogen-bond donors (Lipinski definition) is 3. The third kappa shape index (κ3) is 4.96. The summed E-state index contributed by atoms with van der Waals surface area (Å²) in [6.45, 7) is 5.74. The molecule has 9 nitrogen and oxygen atoms in total. The lowest BCUT2D eigenvalue weighted by Gasteiger charge is -2.14. The summed E-state index contributed by atoms with van der Waals surface area (Å²) in [6, 6.07) is 15.7. The van der Waals surface area contributed by atoms with Crippen LogP contribution in [0.15, 0.2) is 65.8 Å². The van der Waals surface area contributed by atoms with E-state index in [1.165, 1.54) is 6.33 Å². The van der Waals surface area contributed by atoms with Crippen molar-refractivity contribution >= 4 is 33.0 Å². The highest BCUT2D eigenvalue weighted by Gasteiger charge is 2.16. The number of nitrogens with zero attached hydrogens (tertiary/aromatic N) is 4. The van der Waals surface area contributed by atoms with Gasteiger partial charge in [0.2, 0.25) is 0 Å². The van der Waals surface area contributed by atoms with Crippen LogP contribution in [0.1, 0.15) is 16.8 Å². The van der Waals surface area contributed by atoms with Gasteiger partial charge < -0.3 is 10.6 Å². The molecule has 4 rings (SSSR count). The molecule has 0 saturated heterocycles. The summed E-state index contributed by atoms with van der Waals surface area (Å²) in [5.41, 5.74) is 3.93. The Morgan fingerprint density at radius 1 is 0.909 bits per heavy atom. The number of aromatic nitrogens is 4. The van der Waals surface area contributed by atoms with E-state index in [4.69, 9.17) is 0 Å². The van der Waals surface area contributed by atoms with E-state index in [2.05, 4.69) is 30.4 Å². The maximum atomic E-state index is 12.8. The maximum absolute atomic E-state index is 12.8. The molecule has 2 aromatic heterocycles. The van der Waals surface area contributed by atoms with Crippen molar-refractivity contribution in [2.45, 2.75) is 25.7 Å². The van der Waals surface area contributed by atoms with E-state index in [0.717, 1.165) is 22.5 Å². The topological polar surface area (TPSA) is 114 Å². The first kappa shape index (κ1) is 22.3. The largest absolute Gasteiger partial charge is 0.373 e. The Kier molecular flexibility index (Phi) is 6.01. The normalized spacial score (nSPS) is 11.3. The molecule has 4 aromatic rings. The Labute approximate surface area is 193 Å². The number of aryl methyl sites for hydroxylation is 3. The van der Waals surface area contributed by atoms with Gasteiger partial charge >= 0.3 is 0 Å². The second kappa shape index (κ2) is 8.91. The second-order valence-electron chi connectivity index (χ2n) is 7.67. The molecule has 10 heteroatoms. The van der Waals surface area contributed by atoms with E-state index in [9.17, 15) is 8.42 Å². The van der Waals surface area contributed by atoms with Crippen LogP contribution >= 0.6 is 0 Å². The molecule has 170 valence electrons. The zero-order valence-electron chi connectivity index (χ0n) is 18.8. The van der Waals surface area contributed by atoms with Gasteiger partial charge in [-0.15, -0.1) is 0 Å². The predicted molar refractivity (Wildman–Crippen MR) is 130 cm³/mol. The van der Waals surface area contributed by atoms with Crippen molar-refractivity contribution in [3.05, 3.63) is 77.7 Å². The standard InChI is InChI=1S/C23H25N7O2S/c1-15-5-9-19(10-6-15)33(31,32)29-18-8-7-16(2)20(12-18)27-23-11-17(3)28-30(23)22-13-21(24-4)25-14-26-22/h5-14,27,29H,1-4H3,(H,24,25,26). The van der Waals surface area contributed by atoms with Crippen molar-refractivity contribution < 1.29 is 8.42 Å². The van der Waals surface area contributed by atoms with Crippen LogP contribution in [0.4, 0.5) is 23.0 Å². The molecular weight excluding hydrogens is 438 g/mol. The van der Waals surface area contributed by atoms with Gasteiger partial charge in [0.05, 0.1) is 16.3 Å². The van der Waals surface area contributed by atoms with Gasteiger partial charge in [-0.05, 0) is 50.6 Å². The summed E-state index contributed by atoms with van der Waals surface area (Å²) in [5.74, 6) is 1.96. The molecule has 0 saturated carbocycles. The number of rotatable bonds is 7. The van der Waals surface area contributed by atoms with Crippen LogP contribution in [0.3, 0.4) is 0 Å². The molecule has 2 heterocycles. The van der Waals surface area contributed by atoms with Crippen LogP contribution in [-0.4, -0.2) is 35.2 Å². The summed E-state index contributed by atoms with van der Waals surface area (Å²) in [6.07, 6.45) is 1.47. The van der Waals surface area contributed by atoms with E-state index < -0.39 is 10.0 Å². The molecule has 33 heavy (non-hydrogen) atoms. The number of anilines is 4. The molecule has 2 aromatic carbocycles. The molecule has 0 fully saturated rings. The highest BCUT2D eigenvalue weighted by atomic mass is 32.2. The lowest BCUT2D eigenvalue weighted by molar-refractivity contribution is 0.601. The van der Waals surface area contributed by atoms with Crippen molar-refractivity contribution in [3.63, 3.8) is 0 Å². The fraction of sp³-hybridized carbons (Fsp3) is 0.174. The van der Waals surface area contributed by atoms with E-state index in [1.807, 2.05) is 32.9 Å². The zero-order valence-corrected chi connectivity index (χ0v) is 19.6. The highest BCUT2D eigenvalue weighted by molar-refractivity contribution is 7.92. The molecule has 0 radical (unpaired) electrons. The lowest BCUT2D eigenvalue weighted by atomic mass is 10.2. The van der Waals surface area contributed by atoms with Gasteiger partial charge in [-0.2, -0.15) is 9.78 Å². The summed E-state index contributed by atoms with van der Waals surface area (Å²) in [5, 5.41) is 10.9. The first-order chi connectivity index (χ1) is 15.7. The highest BCUT2D eigenvalue weighted by Crippen LogP contribution is 2.27.